The third-order valence-corrected chi connectivity index (χ3v) is 14.7. The average molecular weight is 861 g/mol. The van der Waals surface area contributed by atoms with Gasteiger partial charge in [0.15, 0.2) is 17.7 Å². The summed E-state index contributed by atoms with van der Waals surface area (Å²) < 4.78 is 13.4. The number of allylic oxidation sites excluding steroid dienone is 5. The van der Waals surface area contributed by atoms with Gasteiger partial charge >= 0.3 is 0 Å². The van der Waals surface area contributed by atoms with Crippen molar-refractivity contribution in [3.05, 3.63) is 113 Å². The molecule has 5 N–H and O–H groups in total. The van der Waals surface area contributed by atoms with Gasteiger partial charge in [-0.2, -0.15) is 0 Å². The summed E-state index contributed by atoms with van der Waals surface area (Å²) in [5.74, 6) is -2.81. The first-order valence-electron chi connectivity index (χ1n) is 21.8. The molecule has 8 rings (SSSR count). The smallest absolute Gasteiger partial charge is 0.253 e. The van der Waals surface area contributed by atoms with Crippen LogP contribution in [0.1, 0.15) is 82.8 Å². The molecule has 0 spiro atoms. The van der Waals surface area contributed by atoms with Gasteiger partial charge in [0.05, 0.1) is 12.2 Å². The Bertz CT molecular complexity index is 2320. The third-order valence-electron chi connectivity index (χ3n) is 14.7. The van der Waals surface area contributed by atoms with Crippen LogP contribution in [0.15, 0.2) is 96.6 Å². The molecule has 4 fully saturated rings. The molecule has 11 atom stereocenters. The van der Waals surface area contributed by atoms with E-state index in [9.17, 15) is 39.0 Å². The van der Waals surface area contributed by atoms with Gasteiger partial charge in [0, 0.05) is 53.1 Å². The van der Waals surface area contributed by atoms with E-state index in [1.165, 1.54) is 19.4 Å². The van der Waals surface area contributed by atoms with Crippen molar-refractivity contribution in [1.82, 2.24) is 15.5 Å². The number of anilines is 1. The minimum Gasteiger partial charge on any atom is -0.393 e. The normalized spacial score (nSPS) is 32.5. The SMILES string of the molecule is C=C1C=C[C@@]2(C)C(=C1)CC[C@@H]1[C@@H]2[C@@H](O)C[C@@]2(C)[C@H]1C[C@H]1O[C@@H](c3ccc(Cc4cccc(NC(=O)[C@@H](C)NC(=O)[C@@H](C)NC(=O)CCN5C(=O)C=CC5=O)c4)cc3)O[C@]12C(=O)CO. The number of hydrogen-bond acceptors (Lipinski definition) is 10. The summed E-state index contributed by atoms with van der Waals surface area (Å²) in [7, 11) is 0. The molecule has 0 aromatic heterocycles. The van der Waals surface area contributed by atoms with Crippen molar-refractivity contribution < 1.29 is 48.5 Å². The number of nitrogens with zero attached hydrogens (tertiary/aromatic N) is 1. The van der Waals surface area contributed by atoms with Crippen LogP contribution >= 0.6 is 0 Å². The molecule has 63 heavy (non-hydrogen) atoms. The van der Waals surface area contributed by atoms with E-state index in [1.807, 2.05) is 48.5 Å². The van der Waals surface area contributed by atoms with E-state index in [0.29, 0.717) is 24.9 Å². The molecule has 1 saturated heterocycles. The van der Waals surface area contributed by atoms with E-state index in [1.54, 1.807) is 6.07 Å². The van der Waals surface area contributed by atoms with Crippen molar-refractivity contribution in [2.75, 3.05) is 18.5 Å². The minimum atomic E-state index is -1.41. The highest BCUT2D eigenvalue weighted by Crippen LogP contribution is 2.70. The van der Waals surface area contributed by atoms with Gasteiger partial charge in [-0.25, -0.2) is 0 Å². The lowest BCUT2D eigenvalue weighted by atomic mass is 9.46. The van der Waals surface area contributed by atoms with E-state index >= 15 is 0 Å². The fraction of sp³-hybridized carbons (Fsp3) is 0.469. The van der Waals surface area contributed by atoms with Crippen molar-refractivity contribution in [2.45, 2.75) is 102 Å². The van der Waals surface area contributed by atoms with E-state index in [4.69, 9.17) is 9.47 Å². The van der Waals surface area contributed by atoms with Gasteiger partial charge in [-0.3, -0.25) is 33.7 Å². The number of ketones is 1. The highest BCUT2D eigenvalue weighted by molar-refractivity contribution is 6.13. The molecule has 0 bridgehead atoms. The van der Waals surface area contributed by atoms with Crippen LogP contribution in [0.2, 0.25) is 0 Å². The summed E-state index contributed by atoms with van der Waals surface area (Å²) in [4.78, 5) is 76.6. The minimum absolute atomic E-state index is 0.0197. The molecule has 2 heterocycles. The average Bonchev–Trinajstić information content (AvgIpc) is 3.87. The van der Waals surface area contributed by atoms with Crippen LogP contribution in [-0.4, -0.2) is 93.5 Å². The number of hydrogen-bond donors (Lipinski definition) is 5. The van der Waals surface area contributed by atoms with Crippen LogP contribution in [0.25, 0.3) is 0 Å². The zero-order valence-electron chi connectivity index (χ0n) is 36.1. The molecule has 0 radical (unpaired) electrons. The highest BCUT2D eigenvalue weighted by atomic mass is 16.7. The third kappa shape index (κ3) is 7.81. The number of imide groups is 1. The quantitative estimate of drug-likeness (QED) is 0.183. The maximum absolute atomic E-state index is 14.0. The summed E-state index contributed by atoms with van der Waals surface area (Å²) in [6, 6.07) is 13.2. The zero-order valence-corrected chi connectivity index (χ0v) is 36.1. The Morgan fingerprint density at radius 1 is 0.952 bits per heavy atom. The van der Waals surface area contributed by atoms with Crippen molar-refractivity contribution >= 4 is 41.0 Å². The number of benzene rings is 2. The number of aliphatic hydroxyl groups is 2. The predicted molar refractivity (Wildman–Crippen MR) is 231 cm³/mol. The number of ether oxygens (including phenoxy) is 2. The number of carbonyl (C=O) groups excluding carboxylic acids is 6. The molecular formula is C49H56N4O10. The summed E-state index contributed by atoms with van der Waals surface area (Å²) in [6.45, 7) is 10.6. The molecule has 3 saturated carbocycles. The van der Waals surface area contributed by atoms with Crippen LogP contribution in [0.4, 0.5) is 5.69 Å². The molecule has 2 aromatic carbocycles. The molecule has 2 aliphatic heterocycles. The van der Waals surface area contributed by atoms with Crippen LogP contribution in [0.5, 0.6) is 0 Å². The Morgan fingerprint density at radius 3 is 2.38 bits per heavy atom. The monoisotopic (exact) mass is 860 g/mol. The van der Waals surface area contributed by atoms with E-state index < -0.39 is 83.5 Å². The second kappa shape index (κ2) is 16.9. The lowest BCUT2D eigenvalue weighted by Crippen LogP contribution is -2.63. The van der Waals surface area contributed by atoms with Crippen LogP contribution in [-0.2, 0) is 44.7 Å². The van der Waals surface area contributed by atoms with Gasteiger partial charge < -0.3 is 35.6 Å². The Hall–Kier alpha value is -5.54. The summed E-state index contributed by atoms with van der Waals surface area (Å²) >= 11 is 0. The lowest BCUT2D eigenvalue weighted by molar-refractivity contribution is -0.201. The van der Waals surface area contributed by atoms with Crippen molar-refractivity contribution in [3.63, 3.8) is 0 Å². The van der Waals surface area contributed by atoms with Gasteiger partial charge in [-0.15, -0.1) is 0 Å². The largest absolute Gasteiger partial charge is 0.393 e. The van der Waals surface area contributed by atoms with Gasteiger partial charge in [0.25, 0.3) is 11.8 Å². The number of amides is 5. The van der Waals surface area contributed by atoms with E-state index in [-0.39, 0.29) is 36.1 Å². The van der Waals surface area contributed by atoms with Crippen molar-refractivity contribution in [3.8, 4) is 0 Å². The zero-order chi connectivity index (χ0) is 45.0. The van der Waals surface area contributed by atoms with Gasteiger partial charge in [-0.05, 0) is 86.6 Å². The number of fused-ring (bicyclic) bond motifs is 7. The Morgan fingerprint density at radius 2 is 1.67 bits per heavy atom. The van der Waals surface area contributed by atoms with E-state index in [0.717, 1.165) is 52.2 Å². The van der Waals surface area contributed by atoms with Gasteiger partial charge in [0.1, 0.15) is 18.7 Å². The standard InChI is InChI=1S/C49H56N4O10/c1-27-17-19-47(4)33(21-27)13-14-35-36-24-39-49(38(56)26-54,48(36,5)25-37(55)43(35)47)63-46(62-39)32-11-9-30(10-12-32)22-31-7-6-8-34(23-31)52-45(61)29(3)51-44(60)28(2)50-40(57)18-20-53-41(58)15-16-42(53)59/h6-12,15-17,19,21,23,28-29,35-37,39,43,46,54-55H,1,13-14,18,20,22,24-26H2,2-5H3,(H,50,57)(H,51,60)(H,52,61)/t28-,29-,35+,36+,37+,39-,43-,46-,47+,48+,49-/m1/s1. The molecule has 4 aliphatic carbocycles. The van der Waals surface area contributed by atoms with E-state index in [2.05, 4.69) is 48.5 Å². The van der Waals surface area contributed by atoms with Gasteiger partial charge in [-0.1, -0.05) is 80.6 Å². The topological polar surface area (TPSA) is 201 Å². The Balaban J connectivity index is 0.869. The maximum Gasteiger partial charge on any atom is 0.253 e. The summed E-state index contributed by atoms with van der Waals surface area (Å²) in [5, 5.41) is 30.3. The number of carbonyl (C=O) groups is 6. The molecule has 6 aliphatic rings. The molecule has 5 amide bonds. The Labute approximate surface area is 366 Å². The predicted octanol–water partition coefficient (Wildman–Crippen LogP) is 4.13. The van der Waals surface area contributed by atoms with Crippen molar-refractivity contribution in [1.29, 1.82) is 0 Å². The molecule has 14 heteroatoms. The fourth-order valence-corrected chi connectivity index (χ4v) is 11.6. The first-order chi connectivity index (χ1) is 30.0. The fourth-order valence-electron chi connectivity index (χ4n) is 11.6. The second-order valence-electron chi connectivity index (χ2n) is 18.6. The first-order valence-corrected chi connectivity index (χ1v) is 21.8. The van der Waals surface area contributed by atoms with Crippen molar-refractivity contribution in [2.24, 2.45) is 28.6 Å². The first kappa shape index (κ1) is 44.1. The molecule has 332 valence electrons. The molecule has 2 aromatic rings. The maximum atomic E-state index is 14.0. The van der Waals surface area contributed by atoms with Gasteiger partial charge in [0.2, 0.25) is 17.7 Å². The van der Waals surface area contributed by atoms with Crippen LogP contribution in [0, 0.1) is 28.6 Å². The lowest BCUT2D eigenvalue weighted by Gasteiger charge is -2.59. The highest BCUT2D eigenvalue weighted by Gasteiger charge is 2.75. The van der Waals surface area contributed by atoms with Crippen LogP contribution in [0.3, 0.4) is 0 Å². The number of nitrogens with one attached hydrogen (secondary N) is 3. The summed E-state index contributed by atoms with van der Waals surface area (Å²) in [6.07, 6.45) is 9.66. The number of rotatable bonds is 13. The number of aliphatic hydroxyl groups excluding tert-OH is 2. The Kier molecular flexibility index (Phi) is 11.8. The summed E-state index contributed by atoms with van der Waals surface area (Å²) in [5.41, 5.74) is 2.94. The molecule has 0 unspecified atom stereocenters. The molecular weight excluding hydrogens is 805 g/mol. The van der Waals surface area contributed by atoms with Crippen LogP contribution < -0.4 is 16.0 Å². The number of Topliss-reactive ketones (excluding diaryl/α,β-unsaturated/α-hetero) is 1. The second-order valence-corrected chi connectivity index (χ2v) is 18.6. The molecule has 14 nitrogen and oxygen atoms in total.